The number of benzene rings is 2. The van der Waals surface area contributed by atoms with Gasteiger partial charge < -0.3 is 19.1 Å². The summed E-state index contributed by atoms with van der Waals surface area (Å²) >= 11 is 0. The van der Waals surface area contributed by atoms with E-state index in [-0.39, 0.29) is 43.5 Å². The molecule has 1 amide bonds. The molecule has 0 saturated carbocycles. The van der Waals surface area contributed by atoms with Crippen LogP contribution in [0, 0.1) is 5.82 Å². The number of fused-ring (bicyclic) bond motifs is 1. The van der Waals surface area contributed by atoms with E-state index < -0.39 is 27.0 Å². The molecule has 0 aromatic heterocycles. The number of rotatable bonds is 4. The molecule has 9 heteroatoms. The van der Waals surface area contributed by atoms with Gasteiger partial charge in [-0.25, -0.2) is 12.8 Å². The molecule has 30 heavy (non-hydrogen) atoms. The van der Waals surface area contributed by atoms with Crippen molar-refractivity contribution in [2.45, 2.75) is 24.7 Å². The number of sulfone groups is 1. The summed E-state index contributed by atoms with van der Waals surface area (Å²) in [7, 11) is -3.60. The van der Waals surface area contributed by atoms with Gasteiger partial charge in [0.1, 0.15) is 11.6 Å². The van der Waals surface area contributed by atoms with Gasteiger partial charge in [0.2, 0.25) is 6.79 Å². The number of halogens is 1. The van der Waals surface area contributed by atoms with Crippen molar-refractivity contribution >= 4 is 15.7 Å². The molecular weight excluding hydrogens is 413 g/mol. The first-order chi connectivity index (χ1) is 14.3. The zero-order valence-corrected chi connectivity index (χ0v) is 17.2. The number of amides is 1. The van der Waals surface area contributed by atoms with Crippen molar-refractivity contribution in [2.24, 2.45) is 0 Å². The average molecular weight is 435 g/mol. The van der Waals surface area contributed by atoms with Gasteiger partial charge in [-0.3, -0.25) is 4.79 Å². The first-order valence-electron chi connectivity index (χ1n) is 9.66. The summed E-state index contributed by atoms with van der Waals surface area (Å²) in [6.07, 6.45) is -0.691. The maximum atomic E-state index is 14.2. The number of carbonyl (C=O) groups is 1. The largest absolute Gasteiger partial charge is 0.481 e. The summed E-state index contributed by atoms with van der Waals surface area (Å²) < 4.78 is 55.9. The van der Waals surface area contributed by atoms with Crippen LogP contribution in [-0.2, 0) is 14.6 Å². The van der Waals surface area contributed by atoms with Crippen molar-refractivity contribution in [1.29, 1.82) is 0 Å². The molecule has 0 spiro atoms. The van der Waals surface area contributed by atoms with Crippen molar-refractivity contribution in [1.82, 2.24) is 4.90 Å². The summed E-state index contributed by atoms with van der Waals surface area (Å²) in [6.45, 7) is 1.99. The Morgan fingerprint density at radius 3 is 2.73 bits per heavy atom. The second-order valence-electron chi connectivity index (χ2n) is 7.27. The van der Waals surface area contributed by atoms with E-state index in [0.29, 0.717) is 17.2 Å². The molecule has 4 rings (SSSR count). The fourth-order valence-electron chi connectivity index (χ4n) is 3.71. The third-order valence-electron chi connectivity index (χ3n) is 5.31. The van der Waals surface area contributed by atoms with E-state index in [2.05, 4.69) is 0 Å². The number of carbonyl (C=O) groups excluding carboxylic acids is 1. The lowest BCUT2D eigenvalue weighted by Crippen LogP contribution is -2.42. The number of hydrogen-bond donors (Lipinski definition) is 0. The standard InChI is InChI=1S/C21H22FNO6S/c1-14(29-15-6-7-18-19(12-15)28-13-27-18)21(24)23-9-8-20(30(25,26)11-10-23)16-4-2-3-5-17(16)22/h2-7,12,14,20H,8-11,13H2,1H3/t14-,20+/m1/s1. The Bertz CT molecular complexity index is 1060. The fraction of sp³-hybridized carbons (Fsp3) is 0.381. The second-order valence-corrected chi connectivity index (χ2v) is 9.57. The van der Waals surface area contributed by atoms with E-state index in [0.717, 1.165) is 0 Å². The Hall–Kier alpha value is -2.81. The Labute approximate surface area is 174 Å². The Balaban J connectivity index is 1.45. The van der Waals surface area contributed by atoms with E-state index >= 15 is 0 Å². The predicted molar refractivity (Wildman–Crippen MR) is 107 cm³/mol. The highest BCUT2D eigenvalue weighted by Crippen LogP contribution is 2.35. The van der Waals surface area contributed by atoms with Crippen LogP contribution in [0.2, 0.25) is 0 Å². The van der Waals surface area contributed by atoms with Gasteiger partial charge >= 0.3 is 0 Å². The summed E-state index contributed by atoms with van der Waals surface area (Å²) in [5.41, 5.74) is 0.149. The van der Waals surface area contributed by atoms with Gasteiger partial charge in [0.15, 0.2) is 27.4 Å². The highest BCUT2D eigenvalue weighted by molar-refractivity contribution is 7.91. The topological polar surface area (TPSA) is 82.1 Å². The van der Waals surface area contributed by atoms with Gasteiger partial charge in [-0.1, -0.05) is 18.2 Å². The van der Waals surface area contributed by atoms with Crippen LogP contribution in [0.3, 0.4) is 0 Å². The van der Waals surface area contributed by atoms with Gasteiger partial charge in [0.25, 0.3) is 5.91 Å². The SMILES string of the molecule is C[C@@H](Oc1ccc2c(c1)OCO2)C(=O)N1CC[C@@H](c2ccccc2F)S(=O)(=O)CC1. The van der Waals surface area contributed by atoms with Gasteiger partial charge in [0.05, 0.1) is 11.0 Å². The van der Waals surface area contributed by atoms with Crippen LogP contribution >= 0.6 is 0 Å². The smallest absolute Gasteiger partial charge is 0.263 e. The number of nitrogens with zero attached hydrogens (tertiary/aromatic N) is 1. The zero-order chi connectivity index (χ0) is 21.3. The van der Waals surface area contributed by atoms with Crippen LogP contribution in [0.25, 0.3) is 0 Å². The van der Waals surface area contributed by atoms with Gasteiger partial charge in [-0.2, -0.15) is 0 Å². The minimum absolute atomic E-state index is 0.0426. The zero-order valence-electron chi connectivity index (χ0n) is 16.4. The molecule has 0 radical (unpaired) electrons. The number of hydrogen-bond acceptors (Lipinski definition) is 6. The molecule has 0 aliphatic carbocycles. The maximum absolute atomic E-state index is 14.2. The molecule has 7 nitrogen and oxygen atoms in total. The summed E-state index contributed by atoms with van der Waals surface area (Å²) in [4.78, 5) is 14.4. The maximum Gasteiger partial charge on any atom is 0.263 e. The van der Waals surface area contributed by atoms with Crippen LogP contribution in [-0.4, -0.2) is 51.0 Å². The minimum Gasteiger partial charge on any atom is -0.481 e. The molecule has 2 aliphatic rings. The van der Waals surface area contributed by atoms with Gasteiger partial charge in [0, 0.05) is 24.7 Å². The molecule has 2 aliphatic heterocycles. The molecule has 2 aromatic carbocycles. The molecule has 0 N–H and O–H groups in total. The van der Waals surface area contributed by atoms with Crippen molar-refractivity contribution in [3.63, 3.8) is 0 Å². The van der Waals surface area contributed by atoms with Crippen LogP contribution in [0.5, 0.6) is 17.2 Å². The van der Waals surface area contributed by atoms with E-state index in [4.69, 9.17) is 14.2 Å². The predicted octanol–water partition coefficient (Wildman–Crippen LogP) is 2.71. The van der Waals surface area contributed by atoms with E-state index in [1.54, 1.807) is 31.2 Å². The molecule has 1 saturated heterocycles. The summed E-state index contributed by atoms with van der Waals surface area (Å²) in [5, 5.41) is -0.971. The molecule has 0 bridgehead atoms. The summed E-state index contributed by atoms with van der Waals surface area (Å²) in [6, 6.07) is 10.9. The monoisotopic (exact) mass is 435 g/mol. The first kappa shape index (κ1) is 20.5. The normalized spacial score (nSPS) is 21.0. The lowest BCUT2D eigenvalue weighted by atomic mass is 10.1. The highest BCUT2D eigenvalue weighted by atomic mass is 32.2. The van der Waals surface area contributed by atoms with E-state index in [1.807, 2.05) is 0 Å². The van der Waals surface area contributed by atoms with Crippen LogP contribution < -0.4 is 14.2 Å². The Morgan fingerprint density at radius 1 is 1.17 bits per heavy atom. The quantitative estimate of drug-likeness (QED) is 0.735. The van der Waals surface area contributed by atoms with E-state index in [9.17, 15) is 17.6 Å². The van der Waals surface area contributed by atoms with Crippen LogP contribution in [0.15, 0.2) is 42.5 Å². The first-order valence-corrected chi connectivity index (χ1v) is 11.4. The fourth-order valence-corrected chi connectivity index (χ4v) is 5.51. The van der Waals surface area contributed by atoms with Crippen LogP contribution in [0.1, 0.15) is 24.2 Å². The molecule has 2 heterocycles. The molecular formula is C21H22FNO6S. The molecule has 0 unspecified atom stereocenters. The highest BCUT2D eigenvalue weighted by Gasteiger charge is 2.35. The van der Waals surface area contributed by atoms with Crippen LogP contribution in [0.4, 0.5) is 4.39 Å². The molecule has 2 atom stereocenters. The van der Waals surface area contributed by atoms with Crippen molar-refractivity contribution in [3.8, 4) is 17.2 Å². The van der Waals surface area contributed by atoms with E-state index in [1.165, 1.54) is 23.1 Å². The van der Waals surface area contributed by atoms with Crippen molar-refractivity contribution in [3.05, 3.63) is 53.8 Å². The third-order valence-corrected chi connectivity index (χ3v) is 7.42. The van der Waals surface area contributed by atoms with Gasteiger partial charge in [-0.05, 0) is 31.5 Å². The Morgan fingerprint density at radius 2 is 1.93 bits per heavy atom. The lowest BCUT2D eigenvalue weighted by Gasteiger charge is -2.24. The lowest BCUT2D eigenvalue weighted by molar-refractivity contribution is -0.137. The molecule has 1 fully saturated rings. The second kappa shape index (κ2) is 8.14. The van der Waals surface area contributed by atoms with Crippen molar-refractivity contribution < 1.29 is 31.8 Å². The molecule has 2 aromatic rings. The molecule has 160 valence electrons. The summed E-state index contributed by atoms with van der Waals surface area (Å²) in [5.74, 6) is 0.502. The minimum atomic E-state index is -3.60. The third kappa shape index (κ3) is 4.07. The Kier molecular flexibility index (Phi) is 5.55. The van der Waals surface area contributed by atoms with Gasteiger partial charge in [-0.15, -0.1) is 0 Å². The average Bonchev–Trinajstić information content (AvgIpc) is 3.12. The van der Waals surface area contributed by atoms with Crippen molar-refractivity contribution in [2.75, 3.05) is 25.6 Å². The number of ether oxygens (including phenoxy) is 3.